The molecule has 0 amide bonds. The zero-order valence-corrected chi connectivity index (χ0v) is 11.6. The van der Waals surface area contributed by atoms with Gasteiger partial charge in [0.2, 0.25) is 0 Å². The first-order valence-corrected chi connectivity index (χ1v) is 6.79. The van der Waals surface area contributed by atoms with Crippen molar-refractivity contribution in [3.05, 3.63) is 82.9 Å². The average molecular weight is 291 g/mol. The smallest absolute Gasteiger partial charge is 0.270 e. The van der Waals surface area contributed by atoms with E-state index in [9.17, 15) is 15.2 Å². The van der Waals surface area contributed by atoms with Crippen molar-refractivity contribution >= 4 is 5.69 Å². The van der Waals surface area contributed by atoms with E-state index in [0.29, 0.717) is 11.1 Å². The van der Waals surface area contributed by atoms with Crippen molar-refractivity contribution in [1.82, 2.24) is 0 Å². The van der Waals surface area contributed by atoms with Crippen LogP contribution in [0.1, 0.15) is 0 Å². The van der Waals surface area contributed by atoms with Gasteiger partial charge in [0.05, 0.1) is 4.92 Å². The lowest BCUT2D eigenvalue weighted by atomic mass is 9.96. The molecule has 0 aliphatic carbocycles. The van der Waals surface area contributed by atoms with Crippen LogP contribution in [0.3, 0.4) is 0 Å². The molecule has 0 bridgehead atoms. The van der Waals surface area contributed by atoms with Gasteiger partial charge in [-0.25, -0.2) is 0 Å². The van der Waals surface area contributed by atoms with Gasteiger partial charge in [0.1, 0.15) is 5.75 Å². The van der Waals surface area contributed by atoms with E-state index in [2.05, 4.69) is 0 Å². The highest BCUT2D eigenvalue weighted by atomic mass is 16.6. The van der Waals surface area contributed by atoms with E-state index < -0.39 is 4.92 Å². The van der Waals surface area contributed by atoms with Gasteiger partial charge in [0.15, 0.2) is 0 Å². The average Bonchev–Trinajstić information content (AvgIpc) is 2.56. The van der Waals surface area contributed by atoms with Crippen LogP contribution < -0.4 is 0 Å². The van der Waals surface area contributed by atoms with E-state index in [1.807, 2.05) is 60.7 Å². The van der Waals surface area contributed by atoms with Crippen LogP contribution in [-0.4, -0.2) is 10.0 Å². The molecule has 1 N–H and O–H groups in total. The predicted molar refractivity (Wildman–Crippen MR) is 85.6 cm³/mol. The van der Waals surface area contributed by atoms with Crippen molar-refractivity contribution < 1.29 is 10.0 Å². The Hall–Kier alpha value is -3.14. The number of nitro groups is 1. The minimum atomic E-state index is -0.446. The number of nitrogens with zero attached hydrogens (tertiary/aromatic N) is 1. The Balaban J connectivity index is 2.27. The molecule has 0 aromatic heterocycles. The first-order chi connectivity index (χ1) is 10.7. The van der Waals surface area contributed by atoms with Gasteiger partial charge in [-0.15, -0.1) is 0 Å². The highest BCUT2D eigenvalue weighted by Gasteiger charge is 2.18. The van der Waals surface area contributed by atoms with Crippen LogP contribution in [0, 0.1) is 10.1 Å². The van der Waals surface area contributed by atoms with E-state index in [-0.39, 0.29) is 11.4 Å². The van der Waals surface area contributed by atoms with Gasteiger partial charge >= 0.3 is 0 Å². The third kappa shape index (κ3) is 2.54. The molecule has 0 aliphatic heterocycles. The molecule has 0 unspecified atom stereocenters. The summed E-state index contributed by atoms with van der Waals surface area (Å²) in [7, 11) is 0. The van der Waals surface area contributed by atoms with Crippen LogP contribution in [0.5, 0.6) is 5.75 Å². The second kappa shape index (κ2) is 5.69. The second-order valence-electron chi connectivity index (χ2n) is 4.88. The fraction of sp³-hybridized carbons (Fsp3) is 0. The molecule has 3 aromatic rings. The number of phenolic OH excluding ortho intramolecular Hbond substituents is 1. The number of benzene rings is 3. The fourth-order valence-electron chi connectivity index (χ4n) is 2.40. The molecular weight excluding hydrogens is 278 g/mol. The highest BCUT2D eigenvalue weighted by Crippen LogP contribution is 2.41. The quantitative estimate of drug-likeness (QED) is 0.565. The molecule has 0 saturated carbocycles. The number of hydrogen-bond acceptors (Lipinski definition) is 3. The maximum absolute atomic E-state index is 11.2. The van der Waals surface area contributed by atoms with Crippen molar-refractivity contribution in [3.8, 4) is 28.0 Å². The van der Waals surface area contributed by atoms with Crippen LogP contribution in [0.2, 0.25) is 0 Å². The summed E-state index contributed by atoms with van der Waals surface area (Å²) in [6.07, 6.45) is 0. The fourth-order valence-corrected chi connectivity index (χ4v) is 2.40. The highest BCUT2D eigenvalue weighted by molar-refractivity contribution is 5.84. The molecule has 0 radical (unpaired) electrons. The Kier molecular flexibility index (Phi) is 3.58. The Labute approximate surface area is 127 Å². The first-order valence-electron chi connectivity index (χ1n) is 6.79. The van der Waals surface area contributed by atoms with Crippen LogP contribution in [0.4, 0.5) is 5.69 Å². The van der Waals surface area contributed by atoms with Crippen molar-refractivity contribution in [1.29, 1.82) is 0 Å². The Morgan fingerprint density at radius 2 is 1.18 bits per heavy atom. The summed E-state index contributed by atoms with van der Waals surface area (Å²) in [4.78, 5) is 10.8. The lowest BCUT2D eigenvalue weighted by Crippen LogP contribution is -1.92. The number of rotatable bonds is 3. The molecule has 0 aliphatic rings. The third-order valence-corrected chi connectivity index (χ3v) is 3.48. The van der Waals surface area contributed by atoms with Crippen molar-refractivity contribution in [2.45, 2.75) is 0 Å². The normalized spacial score (nSPS) is 10.4. The zero-order chi connectivity index (χ0) is 15.5. The van der Waals surface area contributed by atoms with Gasteiger partial charge in [0.25, 0.3) is 5.69 Å². The number of aromatic hydroxyl groups is 1. The van der Waals surface area contributed by atoms with E-state index in [1.54, 1.807) is 0 Å². The number of phenols is 1. The topological polar surface area (TPSA) is 63.4 Å². The molecule has 22 heavy (non-hydrogen) atoms. The monoisotopic (exact) mass is 291 g/mol. The van der Waals surface area contributed by atoms with Crippen LogP contribution in [0.15, 0.2) is 72.8 Å². The summed E-state index contributed by atoms with van der Waals surface area (Å²) < 4.78 is 0. The van der Waals surface area contributed by atoms with E-state index in [1.165, 1.54) is 12.1 Å². The molecule has 4 heteroatoms. The number of nitro benzene ring substituents is 1. The molecule has 0 spiro atoms. The SMILES string of the molecule is O=[N+]([O-])c1cc(-c2ccccc2)c(O)c(-c2ccccc2)c1. The summed E-state index contributed by atoms with van der Waals surface area (Å²) >= 11 is 0. The standard InChI is InChI=1S/C18H13NO3/c20-18-16(13-7-3-1-4-8-13)11-15(19(21)22)12-17(18)14-9-5-2-6-10-14/h1-12,20H. The van der Waals surface area contributed by atoms with Crippen molar-refractivity contribution in [2.24, 2.45) is 0 Å². The first kappa shape index (κ1) is 13.8. The van der Waals surface area contributed by atoms with Crippen molar-refractivity contribution in [3.63, 3.8) is 0 Å². The predicted octanol–water partition coefficient (Wildman–Crippen LogP) is 4.63. The lowest BCUT2D eigenvalue weighted by Gasteiger charge is -2.10. The molecule has 0 saturated heterocycles. The number of non-ortho nitro benzene ring substituents is 1. The van der Waals surface area contributed by atoms with Gasteiger partial charge in [-0.05, 0) is 11.1 Å². The lowest BCUT2D eigenvalue weighted by molar-refractivity contribution is -0.384. The number of hydrogen-bond donors (Lipinski definition) is 1. The molecule has 0 atom stereocenters. The maximum atomic E-state index is 11.2. The van der Waals surface area contributed by atoms with Gasteiger partial charge < -0.3 is 5.11 Å². The van der Waals surface area contributed by atoms with Gasteiger partial charge in [-0.2, -0.15) is 0 Å². The molecular formula is C18H13NO3. The summed E-state index contributed by atoms with van der Waals surface area (Å²) in [5.41, 5.74) is 2.33. The summed E-state index contributed by atoms with van der Waals surface area (Å²) in [6.45, 7) is 0. The van der Waals surface area contributed by atoms with E-state index in [0.717, 1.165) is 11.1 Å². The van der Waals surface area contributed by atoms with Crippen LogP contribution >= 0.6 is 0 Å². The van der Waals surface area contributed by atoms with E-state index in [4.69, 9.17) is 0 Å². The molecule has 0 heterocycles. The molecule has 4 nitrogen and oxygen atoms in total. The Bertz CT molecular complexity index is 754. The van der Waals surface area contributed by atoms with Gasteiger partial charge in [0, 0.05) is 23.3 Å². The summed E-state index contributed by atoms with van der Waals surface area (Å²) in [5, 5.41) is 21.8. The second-order valence-corrected chi connectivity index (χ2v) is 4.88. The van der Waals surface area contributed by atoms with E-state index >= 15 is 0 Å². The van der Waals surface area contributed by atoms with Crippen molar-refractivity contribution in [2.75, 3.05) is 0 Å². The molecule has 3 aromatic carbocycles. The Morgan fingerprint density at radius 1 is 0.773 bits per heavy atom. The summed E-state index contributed by atoms with van der Waals surface area (Å²) in [6, 6.07) is 21.1. The Morgan fingerprint density at radius 3 is 1.55 bits per heavy atom. The van der Waals surface area contributed by atoms with Crippen LogP contribution in [-0.2, 0) is 0 Å². The molecule has 3 rings (SSSR count). The van der Waals surface area contributed by atoms with Crippen LogP contribution in [0.25, 0.3) is 22.3 Å². The van der Waals surface area contributed by atoms with Gasteiger partial charge in [-0.1, -0.05) is 60.7 Å². The largest absolute Gasteiger partial charge is 0.507 e. The molecule has 108 valence electrons. The minimum Gasteiger partial charge on any atom is -0.507 e. The van der Waals surface area contributed by atoms with Gasteiger partial charge in [-0.3, -0.25) is 10.1 Å². The summed E-state index contributed by atoms with van der Waals surface area (Å²) in [5.74, 6) is 0.0444. The third-order valence-electron chi connectivity index (χ3n) is 3.48. The minimum absolute atomic E-state index is 0.0444. The molecule has 0 fully saturated rings. The zero-order valence-electron chi connectivity index (χ0n) is 11.6. The maximum Gasteiger partial charge on any atom is 0.270 e.